The Morgan fingerprint density at radius 2 is 1.72 bits per heavy atom. The van der Waals surface area contributed by atoms with Crippen molar-refractivity contribution < 1.29 is 9.84 Å². The van der Waals surface area contributed by atoms with Crippen molar-refractivity contribution in [1.29, 1.82) is 0 Å². The van der Waals surface area contributed by atoms with Crippen LogP contribution in [0, 0.1) is 0 Å². The van der Waals surface area contributed by atoms with Crippen molar-refractivity contribution in [2.75, 3.05) is 81.6 Å². The highest BCUT2D eigenvalue weighted by molar-refractivity contribution is 5.80. The zero-order valence-electron chi connectivity index (χ0n) is 17.8. The topological polar surface area (TPSA) is 103 Å². The standard InChI is InChI=1S/C20H37N7O2/c1-2-3-15-29-20-23-18(21)17-19(24-20)27(16-22-17)8-6-4-5-7-25-9-11-26(12-10-25)13-14-28/h22,28H,2-16H2,1H3,(H2,21,23,24). The molecular weight excluding hydrogens is 370 g/mol. The van der Waals surface area contributed by atoms with Gasteiger partial charge in [-0.1, -0.05) is 19.8 Å². The van der Waals surface area contributed by atoms with Crippen molar-refractivity contribution >= 4 is 17.3 Å². The third-order valence-corrected chi connectivity index (χ3v) is 5.66. The highest BCUT2D eigenvalue weighted by Crippen LogP contribution is 2.35. The molecule has 1 aromatic heterocycles. The number of anilines is 3. The van der Waals surface area contributed by atoms with Crippen molar-refractivity contribution in [2.24, 2.45) is 0 Å². The first-order valence-corrected chi connectivity index (χ1v) is 11.1. The van der Waals surface area contributed by atoms with Crippen LogP contribution >= 0.6 is 0 Å². The third kappa shape index (κ3) is 6.32. The van der Waals surface area contributed by atoms with Crippen LogP contribution in [0.2, 0.25) is 0 Å². The number of hydrogen-bond acceptors (Lipinski definition) is 9. The summed E-state index contributed by atoms with van der Waals surface area (Å²) < 4.78 is 5.65. The lowest BCUT2D eigenvalue weighted by atomic mass is 10.2. The van der Waals surface area contributed by atoms with Crippen LogP contribution in [0.1, 0.15) is 39.0 Å². The Morgan fingerprint density at radius 1 is 1.00 bits per heavy atom. The van der Waals surface area contributed by atoms with E-state index in [2.05, 4.69) is 36.9 Å². The van der Waals surface area contributed by atoms with Crippen molar-refractivity contribution in [2.45, 2.75) is 39.0 Å². The number of β-amino-alcohol motifs (C(OH)–C–C–N with tert-alkyl or cyclic N) is 1. The van der Waals surface area contributed by atoms with Crippen molar-refractivity contribution in [3.05, 3.63) is 0 Å². The van der Waals surface area contributed by atoms with Gasteiger partial charge in [0.2, 0.25) is 0 Å². The van der Waals surface area contributed by atoms with Crippen LogP contribution in [0.3, 0.4) is 0 Å². The minimum absolute atomic E-state index is 0.261. The number of nitrogens with one attached hydrogen (secondary N) is 1. The quantitative estimate of drug-likeness (QED) is 0.441. The van der Waals surface area contributed by atoms with E-state index in [0.29, 0.717) is 18.4 Å². The summed E-state index contributed by atoms with van der Waals surface area (Å²) in [5.41, 5.74) is 6.91. The maximum Gasteiger partial charge on any atom is 0.320 e. The van der Waals surface area contributed by atoms with Crippen LogP contribution in [0.5, 0.6) is 6.01 Å². The largest absolute Gasteiger partial charge is 0.463 e. The van der Waals surface area contributed by atoms with Gasteiger partial charge in [0, 0.05) is 39.3 Å². The number of ether oxygens (including phenoxy) is 1. The van der Waals surface area contributed by atoms with Gasteiger partial charge in [0.25, 0.3) is 0 Å². The van der Waals surface area contributed by atoms with Gasteiger partial charge in [-0.15, -0.1) is 0 Å². The smallest absolute Gasteiger partial charge is 0.320 e. The van der Waals surface area contributed by atoms with E-state index >= 15 is 0 Å². The minimum atomic E-state index is 0.261. The first-order valence-electron chi connectivity index (χ1n) is 11.1. The molecule has 3 rings (SSSR count). The lowest BCUT2D eigenvalue weighted by molar-refractivity contribution is 0.111. The zero-order valence-corrected chi connectivity index (χ0v) is 17.8. The van der Waals surface area contributed by atoms with Gasteiger partial charge in [-0.05, 0) is 25.8 Å². The van der Waals surface area contributed by atoms with Crippen LogP contribution in [0.4, 0.5) is 17.3 Å². The molecule has 0 amide bonds. The van der Waals surface area contributed by atoms with Crippen LogP contribution in [-0.4, -0.2) is 90.6 Å². The number of fused-ring (bicyclic) bond motifs is 1. The molecule has 1 saturated heterocycles. The number of hydrogen-bond donors (Lipinski definition) is 3. The number of nitrogen functional groups attached to an aromatic ring is 1. The number of piperazine rings is 1. The summed E-state index contributed by atoms with van der Waals surface area (Å²) in [6.45, 7) is 11.0. The molecule has 9 nitrogen and oxygen atoms in total. The fourth-order valence-corrected chi connectivity index (χ4v) is 3.84. The SMILES string of the molecule is CCCCOc1nc(N)c2c(n1)N(CCCCCN1CCN(CCO)CC1)CN2. The number of nitrogens with zero attached hydrogens (tertiary/aromatic N) is 5. The Labute approximate surface area is 174 Å². The van der Waals surface area contributed by atoms with Gasteiger partial charge in [-0.2, -0.15) is 9.97 Å². The molecule has 0 bridgehead atoms. The Kier molecular flexibility index (Phi) is 8.57. The number of aliphatic hydroxyl groups is 1. The number of nitrogens with two attached hydrogens (primary N) is 1. The first kappa shape index (κ1) is 21.9. The van der Waals surface area contributed by atoms with Crippen molar-refractivity contribution in [1.82, 2.24) is 19.8 Å². The molecule has 3 heterocycles. The molecule has 0 saturated carbocycles. The Balaban J connectivity index is 1.37. The Morgan fingerprint density at radius 3 is 2.45 bits per heavy atom. The van der Waals surface area contributed by atoms with Gasteiger partial charge >= 0.3 is 6.01 Å². The molecule has 164 valence electrons. The summed E-state index contributed by atoms with van der Waals surface area (Å²) in [4.78, 5) is 15.9. The number of unbranched alkanes of at least 4 members (excludes halogenated alkanes) is 3. The summed E-state index contributed by atoms with van der Waals surface area (Å²) in [7, 11) is 0. The highest BCUT2D eigenvalue weighted by atomic mass is 16.5. The van der Waals surface area contributed by atoms with E-state index in [4.69, 9.17) is 15.6 Å². The summed E-state index contributed by atoms with van der Waals surface area (Å²) in [5.74, 6) is 1.33. The monoisotopic (exact) mass is 407 g/mol. The molecule has 0 atom stereocenters. The fourth-order valence-electron chi connectivity index (χ4n) is 3.84. The summed E-state index contributed by atoms with van der Waals surface area (Å²) in [6.07, 6.45) is 5.60. The van der Waals surface area contributed by atoms with E-state index < -0.39 is 0 Å². The van der Waals surface area contributed by atoms with E-state index in [-0.39, 0.29) is 6.61 Å². The second kappa shape index (κ2) is 11.4. The van der Waals surface area contributed by atoms with E-state index in [0.717, 1.165) is 83.2 Å². The summed E-state index contributed by atoms with van der Waals surface area (Å²) in [6, 6.07) is 0.378. The maximum absolute atomic E-state index is 9.03. The molecule has 1 aromatic rings. The fraction of sp³-hybridized carbons (Fsp3) is 0.800. The highest BCUT2D eigenvalue weighted by Gasteiger charge is 2.24. The second-order valence-corrected chi connectivity index (χ2v) is 7.86. The number of aliphatic hydroxyl groups excluding tert-OH is 1. The molecule has 4 N–H and O–H groups in total. The Hall–Kier alpha value is -1.84. The van der Waals surface area contributed by atoms with Gasteiger partial charge in [0.15, 0.2) is 11.6 Å². The van der Waals surface area contributed by atoms with Gasteiger partial charge in [-0.3, -0.25) is 4.90 Å². The van der Waals surface area contributed by atoms with Crippen molar-refractivity contribution in [3.63, 3.8) is 0 Å². The normalized spacial score (nSPS) is 17.4. The van der Waals surface area contributed by atoms with Gasteiger partial charge in [0.05, 0.1) is 19.9 Å². The number of aromatic nitrogens is 2. The van der Waals surface area contributed by atoms with Crippen LogP contribution in [0.15, 0.2) is 0 Å². The van der Waals surface area contributed by atoms with Gasteiger partial charge < -0.3 is 30.7 Å². The Bertz CT molecular complexity index is 623. The average molecular weight is 408 g/mol. The molecule has 0 spiro atoms. The third-order valence-electron chi connectivity index (χ3n) is 5.66. The van der Waals surface area contributed by atoms with Crippen LogP contribution in [-0.2, 0) is 0 Å². The molecule has 9 heteroatoms. The predicted octanol–water partition coefficient (Wildman–Crippen LogP) is 1.21. The molecule has 0 aromatic carbocycles. The predicted molar refractivity (Wildman–Crippen MR) is 116 cm³/mol. The van der Waals surface area contributed by atoms with E-state index in [1.165, 1.54) is 12.8 Å². The number of rotatable bonds is 12. The molecule has 0 radical (unpaired) electrons. The molecule has 0 unspecified atom stereocenters. The van der Waals surface area contributed by atoms with Gasteiger partial charge in [-0.25, -0.2) is 0 Å². The summed E-state index contributed by atoms with van der Waals surface area (Å²) in [5, 5.41) is 12.3. The zero-order chi connectivity index (χ0) is 20.5. The van der Waals surface area contributed by atoms with E-state index in [1.807, 2.05) is 0 Å². The maximum atomic E-state index is 9.03. The van der Waals surface area contributed by atoms with Crippen LogP contribution in [0.25, 0.3) is 0 Å². The molecule has 2 aliphatic rings. The van der Waals surface area contributed by atoms with Crippen molar-refractivity contribution in [3.8, 4) is 6.01 Å². The summed E-state index contributed by atoms with van der Waals surface area (Å²) >= 11 is 0. The van der Waals surface area contributed by atoms with E-state index in [9.17, 15) is 0 Å². The molecule has 0 aliphatic carbocycles. The molecule has 29 heavy (non-hydrogen) atoms. The average Bonchev–Trinajstić information content (AvgIpc) is 3.13. The molecule has 2 aliphatic heterocycles. The van der Waals surface area contributed by atoms with Crippen LogP contribution < -0.4 is 20.7 Å². The van der Waals surface area contributed by atoms with E-state index in [1.54, 1.807) is 0 Å². The lowest BCUT2D eigenvalue weighted by Gasteiger charge is -2.34. The molecular formula is C20H37N7O2. The minimum Gasteiger partial charge on any atom is -0.463 e. The first-order chi connectivity index (χ1) is 14.2. The second-order valence-electron chi connectivity index (χ2n) is 7.86. The molecule has 1 fully saturated rings. The van der Waals surface area contributed by atoms with Gasteiger partial charge in [0.1, 0.15) is 5.69 Å². The lowest BCUT2D eigenvalue weighted by Crippen LogP contribution is -2.47.